The molecule has 4 N–H and O–H groups in total. The molecule has 0 aliphatic rings. The van der Waals surface area contributed by atoms with Gasteiger partial charge in [0, 0.05) is 11.4 Å². The molecule has 0 unspecified atom stereocenters. The van der Waals surface area contributed by atoms with Gasteiger partial charge in [0.25, 0.3) is 0 Å². The zero-order chi connectivity index (χ0) is 13.8. The molecule has 0 saturated carbocycles. The largest absolute Gasteiger partial charge is 0.508 e. The lowest BCUT2D eigenvalue weighted by atomic mass is 10.1. The van der Waals surface area contributed by atoms with Crippen LogP contribution in [0.1, 0.15) is 11.1 Å². The first kappa shape index (κ1) is 13.0. The summed E-state index contributed by atoms with van der Waals surface area (Å²) >= 11 is 0. The van der Waals surface area contributed by atoms with Crippen molar-refractivity contribution >= 4 is 17.3 Å². The van der Waals surface area contributed by atoms with E-state index in [4.69, 9.17) is 5.73 Å². The predicted octanol–water partition coefficient (Wildman–Crippen LogP) is 2.46. The number of nitrogens with one attached hydrogen (secondary N) is 1. The van der Waals surface area contributed by atoms with Crippen molar-refractivity contribution in [1.29, 1.82) is 0 Å². The number of hydrogen-bond acceptors (Lipinski definition) is 3. The molecule has 4 nitrogen and oxygen atoms in total. The van der Waals surface area contributed by atoms with Crippen LogP contribution in [0.3, 0.4) is 0 Å². The van der Waals surface area contributed by atoms with Crippen LogP contribution in [0.15, 0.2) is 42.5 Å². The summed E-state index contributed by atoms with van der Waals surface area (Å²) in [6.07, 6.45) is 0.210. The smallest absolute Gasteiger partial charge is 0.228 e. The van der Waals surface area contributed by atoms with Gasteiger partial charge in [-0.05, 0) is 42.3 Å². The van der Waals surface area contributed by atoms with Crippen LogP contribution >= 0.6 is 0 Å². The molecule has 0 aliphatic heterocycles. The molecule has 98 valence electrons. The third-order valence-electron chi connectivity index (χ3n) is 2.84. The van der Waals surface area contributed by atoms with Crippen molar-refractivity contribution in [2.24, 2.45) is 0 Å². The average molecular weight is 256 g/mol. The van der Waals surface area contributed by atoms with Crippen LogP contribution in [-0.4, -0.2) is 11.0 Å². The van der Waals surface area contributed by atoms with Gasteiger partial charge in [-0.1, -0.05) is 18.2 Å². The molecule has 2 rings (SSSR count). The number of phenols is 1. The Bertz CT molecular complexity index is 609. The number of rotatable bonds is 3. The molecule has 0 spiro atoms. The summed E-state index contributed by atoms with van der Waals surface area (Å²) in [5.41, 5.74) is 8.85. The van der Waals surface area contributed by atoms with Gasteiger partial charge in [0.1, 0.15) is 5.75 Å². The first-order valence-corrected chi connectivity index (χ1v) is 5.98. The van der Waals surface area contributed by atoms with E-state index in [0.717, 1.165) is 11.1 Å². The van der Waals surface area contributed by atoms with Crippen LogP contribution in [0.4, 0.5) is 11.4 Å². The van der Waals surface area contributed by atoms with Crippen LogP contribution in [0.2, 0.25) is 0 Å². The number of aryl methyl sites for hydroxylation is 1. The lowest BCUT2D eigenvalue weighted by molar-refractivity contribution is -0.115. The molecule has 0 radical (unpaired) electrons. The van der Waals surface area contributed by atoms with E-state index < -0.39 is 0 Å². The van der Waals surface area contributed by atoms with Gasteiger partial charge >= 0.3 is 0 Å². The average Bonchev–Trinajstić information content (AvgIpc) is 2.34. The minimum absolute atomic E-state index is 0.145. The van der Waals surface area contributed by atoms with Crippen LogP contribution in [0.25, 0.3) is 0 Å². The summed E-state index contributed by atoms with van der Waals surface area (Å²) in [7, 11) is 0. The second kappa shape index (κ2) is 5.44. The molecule has 0 bridgehead atoms. The maximum atomic E-state index is 11.9. The molecule has 0 fully saturated rings. The third kappa shape index (κ3) is 3.48. The highest BCUT2D eigenvalue weighted by atomic mass is 16.3. The minimum atomic E-state index is -0.145. The van der Waals surface area contributed by atoms with Crippen LogP contribution < -0.4 is 11.1 Å². The van der Waals surface area contributed by atoms with Crippen molar-refractivity contribution in [3.63, 3.8) is 0 Å². The van der Waals surface area contributed by atoms with Crippen molar-refractivity contribution in [2.45, 2.75) is 13.3 Å². The number of phenolic OH excluding ortho intramolecular Hbond substituents is 1. The normalized spacial score (nSPS) is 10.2. The molecular formula is C15H16N2O2. The fraction of sp³-hybridized carbons (Fsp3) is 0.133. The van der Waals surface area contributed by atoms with Gasteiger partial charge in [0.15, 0.2) is 0 Å². The highest BCUT2D eigenvalue weighted by Gasteiger charge is 2.05. The van der Waals surface area contributed by atoms with E-state index in [-0.39, 0.29) is 18.1 Å². The molecule has 4 heteroatoms. The van der Waals surface area contributed by atoms with Gasteiger partial charge in [0.05, 0.1) is 6.42 Å². The number of benzene rings is 2. The molecule has 19 heavy (non-hydrogen) atoms. The number of anilines is 2. The SMILES string of the molecule is Cc1ccc(NC(=O)Cc2cccc(O)c2)cc1N. The van der Waals surface area contributed by atoms with E-state index in [1.807, 2.05) is 19.1 Å². The summed E-state index contributed by atoms with van der Waals surface area (Å²) < 4.78 is 0. The molecule has 2 aromatic rings. The number of aromatic hydroxyl groups is 1. The molecule has 0 atom stereocenters. The molecular weight excluding hydrogens is 240 g/mol. The van der Waals surface area contributed by atoms with E-state index in [1.165, 1.54) is 0 Å². The van der Waals surface area contributed by atoms with E-state index in [9.17, 15) is 9.90 Å². The Kier molecular flexibility index (Phi) is 3.71. The van der Waals surface area contributed by atoms with E-state index in [0.29, 0.717) is 11.4 Å². The summed E-state index contributed by atoms with van der Waals surface area (Å²) in [6.45, 7) is 1.91. The molecule has 0 aromatic heterocycles. The summed E-state index contributed by atoms with van der Waals surface area (Å²) in [5.74, 6) is 0.0127. The second-order valence-corrected chi connectivity index (χ2v) is 4.47. The number of amides is 1. The number of hydrogen-bond donors (Lipinski definition) is 3. The fourth-order valence-electron chi connectivity index (χ4n) is 1.78. The lowest BCUT2D eigenvalue weighted by Crippen LogP contribution is -2.14. The highest BCUT2D eigenvalue weighted by molar-refractivity contribution is 5.92. The maximum Gasteiger partial charge on any atom is 0.228 e. The lowest BCUT2D eigenvalue weighted by Gasteiger charge is -2.07. The standard InChI is InChI=1S/C15H16N2O2/c1-10-5-6-12(9-14(10)16)17-15(19)8-11-3-2-4-13(18)7-11/h2-7,9,18H,8,16H2,1H3,(H,17,19). The molecule has 0 heterocycles. The molecule has 1 amide bonds. The van der Waals surface area contributed by atoms with Crippen LogP contribution in [0.5, 0.6) is 5.75 Å². The predicted molar refractivity (Wildman–Crippen MR) is 76.0 cm³/mol. The number of carbonyl (C=O) groups is 1. The van der Waals surface area contributed by atoms with Crippen molar-refractivity contribution in [3.8, 4) is 5.75 Å². The molecule has 0 aliphatic carbocycles. The van der Waals surface area contributed by atoms with Crippen molar-refractivity contribution in [3.05, 3.63) is 53.6 Å². The van der Waals surface area contributed by atoms with Gasteiger partial charge in [0.2, 0.25) is 5.91 Å². The molecule has 2 aromatic carbocycles. The topological polar surface area (TPSA) is 75.3 Å². The van der Waals surface area contributed by atoms with Crippen molar-refractivity contribution < 1.29 is 9.90 Å². The Labute approximate surface area is 111 Å². The first-order valence-electron chi connectivity index (χ1n) is 5.98. The van der Waals surface area contributed by atoms with Gasteiger partial charge < -0.3 is 16.2 Å². The minimum Gasteiger partial charge on any atom is -0.508 e. The monoisotopic (exact) mass is 256 g/mol. The Hall–Kier alpha value is -2.49. The Balaban J connectivity index is 2.03. The number of nitrogens with two attached hydrogens (primary N) is 1. The maximum absolute atomic E-state index is 11.9. The zero-order valence-corrected chi connectivity index (χ0v) is 10.7. The second-order valence-electron chi connectivity index (χ2n) is 4.47. The van der Waals surface area contributed by atoms with E-state index in [2.05, 4.69) is 5.32 Å². The third-order valence-corrected chi connectivity index (χ3v) is 2.84. The zero-order valence-electron chi connectivity index (χ0n) is 10.7. The van der Waals surface area contributed by atoms with Crippen LogP contribution in [0, 0.1) is 6.92 Å². The van der Waals surface area contributed by atoms with Gasteiger partial charge in [-0.15, -0.1) is 0 Å². The number of nitrogen functional groups attached to an aromatic ring is 1. The summed E-state index contributed by atoms with van der Waals surface area (Å²) in [5, 5.41) is 12.1. The number of carbonyl (C=O) groups excluding carboxylic acids is 1. The van der Waals surface area contributed by atoms with Crippen molar-refractivity contribution in [2.75, 3.05) is 11.1 Å². The van der Waals surface area contributed by atoms with E-state index in [1.54, 1.807) is 30.3 Å². The summed E-state index contributed by atoms with van der Waals surface area (Å²) in [4.78, 5) is 11.9. The Morgan fingerprint density at radius 2 is 2.05 bits per heavy atom. The Morgan fingerprint density at radius 1 is 1.26 bits per heavy atom. The Morgan fingerprint density at radius 3 is 2.74 bits per heavy atom. The van der Waals surface area contributed by atoms with Crippen LogP contribution in [-0.2, 0) is 11.2 Å². The van der Waals surface area contributed by atoms with Gasteiger partial charge in [-0.2, -0.15) is 0 Å². The quantitative estimate of drug-likeness (QED) is 0.738. The summed E-state index contributed by atoms with van der Waals surface area (Å²) in [6, 6.07) is 12.1. The van der Waals surface area contributed by atoms with Gasteiger partial charge in [-0.25, -0.2) is 0 Å². The van der Waals surface area contributed by atoms with Crippen molar-refractivity contribution in [1.82, 2.24) is 0 Å². The van der Waals surface area contributed by atoms with Gasteiger partial charge in [-0.3, -0.25) is 4.79 Å². The fourth-order valence-corrected chi connectivity index (χ4v) is 1.78. The first-order chi connectivity index (χ1) is 9.04. The highest BCUT2D eigenvalue weighted by Crippen LogP contribution is 2.17. The van der Waals surface area contributed by atoms with E-state index >= 15 is 0 Å². The molecule has 0 saturated heterocycles.